The molecule has 0 saturated carbocycles. The van der Waals surface area contributed by atoms with Gasteiger partial charge in [0, 0.05) is 11.4 Å². The lowest BCUT2D eigenvalue weighted by Crippen LogP contribution is -2.23. The number of unbranched alkanes of at least 4 members (excludes halogenated alkanes) is 1. The Kier molecular flexibility index (Phi) is 5.95. The van der Waals surface area contributed by atoms with E-state index in [1.54, 1.807) is 12.1 Å². The smallest absolute Gasteiger partial charge is 0.286 e. The van der Waals surface area contributed by atoms with Crippen LogP contribution in [-0.4, -0.2) is 16.7 Å². The summed E-state index contributed by atoms with van der Waals surface area (Å²) in [5.41, 5.74) is 1.07. The van der Waals surface area contributed by atoms with Gasteiger partial charge in [0.25, 0.3) is 5.91 Å². The quantitative estimate of drug-likeness (QED) is 0.795. The van der Waals surface area contributed by atoms with E-state index in [4.69, 9.17) is 4.42 Å². The van der Waals surface area contributed by atoms with Crippen LogP contribution in [0.25, 0.3) is 0 Å². The molecule has 1 amide bonds. The molecule has 0 spiro atoms. The number of carbonyl (C=O) groups excluding carboxylic acids is 1. The molecule has 1 atom stereocenters. The molecule has 118 valence electrons. The Labute approximate surface area is 133 Å². The molecule has 0 saturated heterocycles. The molecule has 0 bridgehead atoms. The van der Waals surface area contributed by atoms with Crippen molar-refractivity contribution in [3.05, 3.63) is 53.5 Å². The first-order valence-electron chi connectivity index (χ1n) is 7.42. The highest BCUT2D eigenvalue weighted by Gasteiger charge is 2.13. The van der Waals surface area contributed by atoms with Crippen molar-refractivity contribution in [3.8, 4) is 0 Å². The van der Waals surface area contributed by atoms with Gasteiger partial charge in [0.1, 0.15) is 5.76 Å². The minimum Gasteiger partial charge on any atom is -0.455 e. The summed E-state index contributed by atoms with van der Waals surface area (Å²) in [6.45, 7) is 4.67. The average molecular weight is 319 g/mol. The number of carbonyl (C=O) groups is 1. The van der Waals surface area contributed by atoms with Crippen LogP contribution in [0.4, 0.5) is 0 Å². The van der Waals surface area contributed by atoms with E-state index in [0.717, 1.165) is 23.3 Å². The second kappa shape index (κ2) is 7.94. The van der Waals surface area contributed by atoms with E-state index >= 15 is 0 Å². The molecule has 4 nitrogen and oxygen atoms in total. The third-order valence-electron chi connectivity index (χ3n) is 3.23. The number of hydrogen-bond donors (Lipinski definition) is 1. The normalized spacial score (nSPS) is 12.1. The van der Waals surface area contributed by atoms with Gasteiger partial charge in [-0.25, -0.2) is 0 Å². The highest BCUT2D eigenvalue weighted by molar-refractivity contribution is 7.84. The van der Waals surface area contributed by atoms with Crippen molar-refractivity contribution in [1.82, 2.24) is 5.32 Å². The van der Waals surface area contributed by atoms with E-state index in [1.165, 1.54) is 0 Å². The average Bonchev–Trinajstić information content (AvgIpc) is 2.96. The predicted molar refractivity (Wildman–Crippen MR) is 87.2 cm³/mol. The van der Waals surface area contributed by atoms with Crippen molar-refractivity contribution in [2.45, 2.75) is 37.3 Å². The SMILES string of the molecule is CCCCNC(=O)c1ccc(CS(=O)c2cccc(C)c2)o1. The first-order chi connectivity index (χ1) is 10.6. The second-order valence-corrected chi connectivity index (χ2v) is 6.63. The van der Waals surface area contributed by atoms with Gasteiger partial charge in [-0.05, 0) is 43.2 Å². The van der Waals surface area contributed by atoms with Gasteiger partial charge in [0.2, 0.25) is 0 Å². The third-order valence-corrected chi connectivity index (χ3v) is 4.55. The Morgan fingerprint density at radius 2 is 2.09 bits per heavy atom. The van der Waals surface area contributed by atoms with E-state index in [9.17, 15) is 9.00 Å². The molecule has 1 aromatic heterocycles. The van der Waals surface area contributed by atoms with Crippen LogP contribution in [0, 0.1) is 6.92 Å². The van der Waals surface area contributed by atoms with Crippen LogP contribution in [-0.2, 0) is 16.6 Å². The molecule has 1 N–H and O–H groups in total. The van der Waals surface area contributed by atoms with Crippen LogP contribution in [0.5, 0.6) is 0 Å². The maximum Gasteiger partial charge on any atom is 0.286 e. The van der Waals surface area contributed by atoms with Gasteiger partial charge in [-0.15, -0.1) is 0 Å². The Balaban J connectivity index is 1.97. The van der Waals surface area contributed by atoms with E-state index < -0.39 is 10.8 Å². The van der Waals surface area contributed by atoms with E-state index in [-0.39, 0.29) is 17.4 Å². The van der Waals surface area contributed by atoms with E-state index in [1.807, 2.05) is 31.2 Å². The molecule has 0 aliphatic rings. The summed E-state index contributed by atoms with van der Waals surface area (Å²) in [6, 6.07) is 10.9. The Morgan fingerprint density at radius 3 is 2.82 bits per heavy atom. The highest BCUT2D eigenvalue weighted by Crippen LogP contribution is 2.16. The Bertz CT molecular complexity index is 663. The summed E-state index contributed by atoms with van der Waals surface area (Å²) in [6.07, 6.45) is 1.97. The van der Waals surface area contributed by atoms with E-state index in [0.29, 0.717) is 12.3 Å². The number of nitrogens with one attached hydrogen (secondary N) is 1. The monoisotopic (exact) mass is 319 g/mol. The molecule has 2 rings (SSSR count). The Morgan fingerprint density at radius 1 is 1.27 bits per heavy atom. The first-order valence-corrected chi connectivity index (χ1v) is 8.74. The number of aryl methyl sites for hydroxylation is 1. The fraction of sp³-hybridized carbons (Fsp3) is 0.353. The van der Waals surface area contributed by atoms with E-state index in [2.05, 4.69) is 12.2 Å². The molecule has 1 unspecified atom stereocenters. The summed E-state index contributed by atoms with van der Waals surface area (Å²) in [4.78, 5) is 12.6. The zero-order valence-electron chi connectivity index (χ0n) is 12.9. The van der Waals surface area contributed by atoms with Crippen molar-refractivity contribution in [1.29, 1.82) is 0 Å². The summed E-state index contributed by atoms with van der Waals surface area (Å²) >= 11 is 0. The van der Waals surface area contributed by atoms with Gasteiger partial charge in [0.05, 0.1) is 16.6 Å². The van der Waals surface area contributed by atoms with Crippen LogP contribution < -0.4 is 5.32 Å². The second-order valence-electron chi connectivity index (χ2n) is 5.18. The summed E-state index contributed by atoms with van der Waals surface area (Å²) in [5.74, 6) is 0.875. The topological polar surface area (TPSA) is 59.3 Å². The zero-order chi connectivity index (χ0) is 15.9. The molecule has 22 heavy (non-hydrogen) atoms. The van der Waals surface area contributed by atoms with Crippen LogP contribution in [0.15, 0.2) is 45.7 Å². The maximum absolute atomic E-state index is 12.3. The molecular weight excluding hydrogens is 298 g/mol. The number of furan rings is 1. The summed E-state index contributed by atoms with van der Waals surface area (Å²) in [5, 5.41) is 2.80. The van der Waals surface area contributed by atoms with Crippen molar-refractivity contribution in [2.24, 2.45) is 0 Å². The third kappa shape index (κ3) is 4.56. The molecule has 0 fully saturated rings. The predicted octanol–water partition coefficient (Wildman–Crippen LogP) is 3.43. The van der Waals surface area contributed by atoms with Crippen molar-refractivity contribution in [2.75, 3.05) is 6.54 Å². The molecular formula is C17H21NO3S. The molecule has 2 aromatic rings. The molecule has 0 aliphatic carbocycles. The number of hydrogen-bond acceptors (Lipinski definition) is 3. The summed E-state index contributed by atoms with van der Waals surface area (Å²) < 4.78 is 17.8. The number of benzene rings is 1. The van der Waals surface area contributed by atoms with Gasteiger partial charge in [-0.2, -0.15) is 0 Å². The van der Waals surface area contributed by atoms with Gasteiger partial charge in [-0.3, -0.25) is 9.00 Å². The van der Waals surface area contributed by atoms with Crippen LogP contribution in [0.1, 0.15) is 41.6 Å². The molecule has 5 heteroatoms. The zero-order valence-corrected chi connectivity index (χ0v) is 13.7. The maximum atomic E-state index is 12.3. The van der Waals surface area contributed by atoms with Gasteiger partial charge < -0.3 is 9.73 Å². The fourth-order valence-corrected chi connectivity index (χ4v) is 3.14. The van der Waals surface area contributed by atoms with Crippen molar-refractivity contribution in [3.63, 3.8) is 0 Å². The standard InChI is InChI=1S/C17H21NO3S/c1-3-4-10-18-17(19)16-9-8-14(21-16)12-22(20)15-7-5-6-13(2)11-15/h5-9,11H,3-4,10,12H2,1-2H3,(H,18,19). The number of rotatable bonds is 7. The first kappa shape index (κ1) is 16.5. The Hall–Kier alpha value is -1.88. The lowest BCUT2D eigenvalue weighted by atomic mass is 10.2. The van der Waals surface area contributed by atoms with Crippen molar-refractivity contribution < 1.29 is 13.4 Å². The largest absolute Gasteiger partial charge is 0.455 e. The molecule has 1 heterocycles. The molecule has 1 aromatic carbocycles. The lowest BCUT2D eigenvalue weighted by Gasteiger charge is -2.02. The highest BCUT2D eigenvalue weighted by atomic mass is 32.2. The number of amides is 1. The molecule has 0 radical (unpaired) electrons. The van der Waals surface area contributed by atoms with Crippen LogP contribution in [0.2, 0.25) is 0 Å². The van der Waals surface area contributed by atoms with Gasteiger partial charge in [-0.1, -0.05) is 25.5 Å². The summed E-state index contributed by atoms with van der Waals surface area (Å²) in [7, 11) is -1.18. The van der Waals surface area contributed by atoms with Crippen LogP contribution >= 0.6 is 0 Å². The minimum atomic E-state index is -1.18. The van der Waals surface area contributed by atoms with Gasteiger partial charge >= 0.3 is 0 Å². The van der Waals surface area contributed by atoms with Crippen molar-refractivity contribution >= 4 is 16.7 Å². The lowest BCUT2D eigenvalue weighted by molar-refractivity contribution is 0.0924. The minimum absolute atomic E-state index is 0.221. The van der Waals surface area contributed by atoms with Crippen LogP contribution in [0.3, 0.4) is 0 Å². The van der Waals surface area contributed by atoms with Gasteiger partial charge in [0.15, 0.2) is 5.76 Å². The fourth-order valence-electron chi connectivity index (χ4n) is 2.01. The molecule has 0 aliphatic heterocycles.